The number of carbonyl (C=O) groups excluding carboxylic acids is 1. The second-order valence-electron chi connectivity index (χ2n) is 5.14. The van der Waals surface area contributed by atoms with Gasteiger partial charge in [-0.2, -0.15) is 0 Å². The molecule has 2 aromatic rings. The van der Waals surface area contributed by atoms with Gasteiger partial charge in [-0.05, 0) is 42.0 Å². The zero-order valence-corrected chi connectivity index (χ0v) is 16.0. The molecule has 0 saturated carbocycles. The second kappa shape index (κ2) is 8.98. The maximum Gasteiger partial charge on any atom is 0.264 e. The predicted octanol–water partition coefficient (Wildman–Crippen LogP) is 2.52. The van der Waals surface area contributed by atoms with E-state index in [2.05, 4.69) is 20.7 Å². The normalized spacial score (nSPS) is 11.1. The molecule has 0 bridgehead atoms. The van der Waals surface area contributed by atoms with E-state index in [1.54, 1.807) is 31.4 Å². The van der Waals surface area contributed by atoms with E-state index in [4.69, 9.17) is 9.47 Å². The van der Waals surface area contributed by atoms with Crippen molar-refractivity contribution in [3.63, 3.8) is 0 Å². The summed E-state index contributed by atoms with van der Waals surface area (Å²) in [6, 6.07) is 12.9. The third-order valence-corrected chi connectivity index (χ3v) is 5.13. The third kappa shape index (κ3) is 6.15. The van der Waals surface area contributed by atoms with Gasteiger partial charge < -0.3 is 9.47 Å². The van der Waals surface area contributed by atoms with Crippen molar-refractivity contribution in [3.8, 4) is 5.75 Å². The molecule has 2 rings (SSSR count). The fraction of sp³-hybridized carbons (Fsp3) is 0.235. The number of hydrogen-bond donors (Lipinski definition) is 1. The van der Waals surface area contributed by atoms with Crippen LogP contribution in [-0.4, -0.2) is 34.6 Å². The van der Waals surface area contributed by atoms with Gasteiger partial charge in [0.15, 0.2) is 0 Å². The van der Waals surface area contributed by atoms with Crippen LogP contribution in [0.3, 0.4) is 0 Å². The largest absolute Gasteiger partial charge is 0.491 e. The van der Waals surface area contributed by atoms with Crippen molar-refractivity contribution in [1.82, 2.24) is 4.72 Å². The highest BCUT2D eigenvalue weighted by Crippen LogP contribution is 2.16. The minimum absolute atomic E-state index is 0.00394. The average Bonchev–Trinajstić information content (AvgIpc) is 2.57. The van der Waals surface area contributed by atoms with Crippen LogP contribution in [0.25, 0.3) is 0 Å². The summed E-state index contributed by atoms with van der Waals surface area (Å²) in [5.41, 5.74) is 0.720. The lowest BCUT2D eigenvalue weighted by molar-refractivity contribution is -0.118. The van der Waals surface area contributed by atoms with E-state index < -0.39 is 15.9 Å². The van der Waals surface area contributed by atoms with Gasteiger partial charge in [0.05, 0.1) is 17.9 Å². The molecule has 6 nitrogen and oxygen atoms in total. The van der Waals surface area contributed by atoms with E-state index in [0.29, 0.717) is 19.0 Å². The van der Waals surface area contributed by atoms with Crippen LogP contribution in [0.1, 0.15) is 5.56 Å². The van der Waals surface area contributed by atoms with E-state index in [-0.39, 0.29) is 11.3 Å². The van der Waals surface area contributed by atoms with Crippen LogP contribution in [0.15, 0.2) is 57.9 Å². The van der Waals surface area contributed by atoms with Crippen molar-refractivity contribution in [3.05, 3.63) is 58.6 Å². The van der Waals surface area contributed by atoms with Crippen LogP contribution in [0.5, 0.6) is 5.75 Å². The summed E-state index contributed by atoms with van der Waals surface area (Å²) >= 11 is 3.30. The number of carbonyl (C=O) groups is 1. The van der Waals surface area contributed by atoms with Gasteiger partial charge in [0, 0.05) is 11.6 Å². The molecule has 134 valence electrons. The van der Waals surface area contributed by atoms with Gasteiger partial charge in [-0.15, -0.1) is 0 Å². The molecule has 25 heavy (non-hydrogen) atoms. The molecule has 0 aliphatic carbocycles. The van der Waals surface area contributed by atoms with Crippen molar-refractivity contribution < 1.29 is 22.7 Å². The van der Waals surface area contributed by atoms with Crippen LogP contribution < -0.4 is 9.46 Å². The number of sulfonamides is 1. The maximum atomic E-state index is 12.3. The summed E-state index contributed by atoms with van der Waals surface area (Å²) < 4.78 is 37.7. The van der Waals surface area contributed by atoms with E-state index >= 15 is 0 Å². The molecule has 0 unspecified atom stereocenters. The molecular weight excluding hydrogens is 410 g/mol. The van der Waals surface area contributed by atoms with Gasteiger partial charge in [-0.3, -0.25) is 4.79 Å². The SMILES string of the molecule is COCCOc1ccc(S(=O)(=O)NC(=O)Cc2ccc(Br)cc2)cc1. The third-order valence-electron chi connectivity index (χ3n) is 3.22. The predicted molar refractivity (Wildman–Crippen MR) is 97.0 cm³/mol. The second-order valence-corrected chi connectivity index (χ2v) is 7.74. The Morgan fingerprint density at radius 3 is 2.28 bits per heavy atom. The van der Waals surface area contributed by atoms with Crippen molar-refractivity contribution in [2.75, 3.05) is 20.3 Å². The smallest absolute Gasteiger partial charge is 0.264 e. The summed E-state index contributed by atoms with van der Waals surface area (Å²) in [6.07, 6.45) is -0.0231. The Morgan fingerprint density at radius 1 is 1.04 bits per heavy atom. The molecule has 2 aromatic carbocycles. The first kappa shape index (κ1) is 19.4. The lowest BCUT2D eigenvalue weighted by Gasteiger charge is -2.09. The van der Waals surface area contributed by atoms with E-state index in [1.165, 1.54) is 24.3 Å². The minimum Gasteiger partial charge on any atom is -0.491 e. The lowest BCUT2D eigenvalue weighted by Crippen LogP contribution is -2.31. The number of methoxy groups -OCH3 is 1. The maximum absolute atomic E-state index is 12.3. The highest BCUT2D eigenvalue weighted by molar-refractivity contribution is 9.10. The van der Waals surface area contributed by atoms with Crippen LogP contribution >= 0.6 is 15.9 Å². The highest BCUT2D eigenvalue weighted by Gasteiger charge is 2.17. The van der Waals surface area contributed by atoms with Crippen molar-refractivity contribution in [1.29, 1.82) is 0 Å². The Morgan fingerprint density at radius 2 is 1.68 bits per heavy atom. The number of hydrogen-bond acceptors (Lipinski definition) is 5. The molecule has 0 aliphatic heterocycles. The summed E-state index contributed by atoms with van der Waals surface area (Å²) in [7, 11) is -2.35. The van der Waals surface area contributed by atoms with E-state index in [9.17, 15) is 13.2 Å². The standard InChI is InChI=1S/C17H18BrNO5S/c1-23-10-11-24-15-6-8-16(9-7-15)25(21,22)19-17(20)12-13-2-4-14(18)5-3-13/h2-9H,10-12H2,1H3,(H,19,20). The van der Waals surface area contributed by atoms with Crippen LogP contribution in [-0.2, 0) is 26.0 Å². The Balaban J connectivity index is 1.98. The van der Waals surface area contributed by atoms with Crippen LogP contribution in [0.4, 0.5) is 0 Å². The molecular formula is C17H18BrNO5S. The first-order valence-corrected chi connectivity index (χ1v) is 9.70. The van der Waals surface area contributed by atoms with Gasteiger partial charge >= 0.3 is 0 Å². The molecule has 0 aliphatic rings. The molecule has 0 heterocycles. The number of nitrogens with one attached hydrogen (secondary N) is 1. The van der Waals surface area contributed by atoms with Crippen LogP contribution in [0.2, 0.25) is 0 Å². The van der Waals surface area contributed by atoms with Crippen molar-refractivity contribution in [2.45, 2.75) is 11.3 Å². The molecule has 0 radical (unpaired) electrons. The lowest BCUT2D eigenvalue weighted by atomic mass is 10.1. The first-order chi connectivity index (χ1) is 11.9. The van der Waals surface area contributed by atoms with E-state index in [0.717, 1.165) is 10.0 Å². The molecule has 1 amide bonds. The van der Waals surface area contributed by atoms with Crippen LogP contribution in [0, 0.1) is 0 Å². The molecule has 0 aromatic heterocycles. The fourth-order valence-electron chi connectivity index (χ4n) is 1.99. The molecule has 1 N–H and O–H groups in total. The Bertz CT molecular complexity index is 804. The number of rotatable bonds is 8. The number of amides is 1. The quantitative estimate of drug-likeness (QED) is 0.654. The van der Waals surface area contributed by atoms with E-state index in [1.807, 2.05) is 0 Å². The summed E-state index contributed by atoms with van der Waals surface area (Å²) in [4.78, 5) is 12.0. The molecule has 0 spiro atoms. The fourth-order valence-corrected chi connectivity index (χ4v) is 3.24. The monoisotopic (exact) mass is 427 g/mol. The minimum atomic E-state index is -3.92. The van der Waals surface area contributed by atoms with Gasteiger partial charge in [0.1, 0.15) is 12.4 Å². The van der Waals surface area contributed by atoms with Gasteiger partial charge in [-0.1, -0.05) is 28.1 Å². The molecule has 0 saturated heterocycles. The number of halogens is 1. The van der Waals surface area contributed by atoms with Crippen molar-refractivity contribution >= 4 is 31.9 Å². The number of ether oxygens (including phenoxy) is 2. The summed E-state index contributed by atoms with van der Waals surface area (Å²) in [5.74, 6) is -0.0695. The molecule has 0 fully saturated rings. The molecule has 8 heteroatoms. The Kier molecular flexibility index (Phi) is 6.98. The Hall–Kier alpha value is -1.90. The van der Waals surface area contributed by atoms with Crippen molar-refractivity contribution in [2.24, 2.45) is 0 Å². The number of benzene rings is 2. The highest BCUT2D eigenvalue weighted by atomic mass is 79.9. The van der Waals surface area contributed by atoms with Gasteiger partial charge in [0.2, 0.25) is 5.91 Å². The topological polar surface area (TPSA) is 81.7 Å². The Labute approximate surface area is 155 Å². The first-order valence-electron chi connectivity index (χ1n) is 7.42. The summed E-state index contributed by atoms with van der Waals surface area (Å²) in [5, 5.41) is 0. The zero-order valence-electron chi connectivity index (χ0n) is 13.6. The van der Waals surface area contributed by atoms with Gasteiger partial charge in [-0.25, -0.2) is 13.1 Å². The average molecular weight is 428 g/mol. The zero-order chi connectivity index (χ0) is 18.3. The molecule has 0 atom stereocenters. The summed E-state index contributed by atoms with van der Waals surface area (Å²) in [6.45, 7) is 0.804. The van der Waals surface area contributed by atoms with Gasteiger partial charge in [0.25, 0.3) is 10.0 Å².